The summed E-state index contributed by atoms with van der Waals surface area (Å²) in [5, 5.41) is 6.76. The molecular weight excluding hydrogens is 240 g/mol. The Bertz CT molecular complexity index is 405. The van der Waals surface area contributed by atoms with Gasteiger partial charge in [-0.2, -0.15) is 0 Å². The molecular formula is C15H26N2O2. The monoisotopic (exact) mass is 266 g/mol. The number of carbonyl (C=O) groups is 1. The molecule has 108 valence electrons. The van der Waals surface area contributed by atoms with Gasteiger partial charge in [-0.3, -0.25) is 4.79 Å². The summed E-state index contributed by atoms with van der Waals surface area (Å²) in [5.74, 6) is 1.41. The van der Waals surface area contributed by atoms with Gasteiger partial charge in [0.15, 0.2) is 5.82 Å². The predicted octanol–water partition coefficient (Wildman–Crippen LogP) is 4.13. The van der Waals surface area contributed by atoms with Crippen molar-refractivity contribution < 1.29 is 9.32 Å². The van der Waals surface area contributed by atoms with Crippen LogP contribution in [0.3, 0.4) is 0 Å². The van der Waals surface area contributed by atoms with Crippen LogP contribution in [-0.4, -0.2) is 11.1 Å². The molecule has 1 atom stereocenters. The highest BCUT2D eigenvalue weighted by Gasteiger charge is 2.22. The number of carbonyl (C=O) groups excluding carboxylic acids is 1. The molecule has 1 aromatic heterocycles. The second kappa shape index (κ2) is 6.73. The summed E-state index contributed by atoms with van der Waals surface area (Å²) in [6.45, 7) is 10.3. The Morgan fingerprint density at radius 2 is 2.11 bits per heavy atom. The molecule has 0 aliphatic heterocycles. The predicted molar refractivity (Wildman–Crippen MR) is 77.1 cm³/mol. The van der Waals surface area contributed by atoms with Crippen molar-refractivity contribution in [2.24, 2.45) is 5.92 Å². The van der Waals surface area contributed by atoms with Crippen LogP contribution in [-0.2, 0) is 10.2 Å². The van der Waals surface area contributed by atoms with E-state index in [0.29, 0.717) is 5.82 Å². The van der Waals surface area contributed by atoms with Gasteiger partial charge in [0.2, 0.25) is 5.91 Å². The number of amides is 1. The first-order chi connectivity index (χ1) is 8.88. The smallest absolute Gasteiger partial charge is 0.228 e. The summed E-state index contributed by atoms with van der Waals surface area (Å²) in [7, 11) is 0. The van der Waals surface area contributed by atoms with Gasteiger partial charge in [0.1, 0.15) is 5.76 Å². The molecule has 1 aromatic rings. The number of hydrogen-bond donors (Lipinski definition) is 1. The minimum absolute atomic E-state index is 0.0460. The van der Waals surface area contributed by atoms with E-state index in [2.05, 4.69) is 38.2 Å². The van der Waals surface area contributed by atoms with E-state index in [1.54, 1.807) is 0 Å². The molecule has 1 heterocycles. The van der Waals surface area contributed by atoms with Crippen molar-refractivity contribution in [2.75, 3.05) is 5.32 Å². The normalized spacial score (nSPS) is 13.3. The first-order valence-corrected chi connectivity index (χ1v) is 7.16. The summed E-state index contributed by atoms with van der Waals surface area (Å²) < 4.78 is 5.26. The number of hydrogen-bond acceptors (Lipinski definition) is 3. The standard InChI is InChI=1S/C15H26N2O2/c1-6-8-9-11(7-2)14(18)16-13-10-12(19-17-13)15(3,4)5/h10-11H,6-9H2,1-5H3,(H,16,17,18). The molecule has 0 radical (unpaired) electrons. The van der Waals surface area contributed by atoms with Crippen LogP contribution in [0.25, 0.3) is 0 Å². The van der Waals surface area contributed by atoms with Crippen LogP contribution < -0.4 is 5.32 Å². The van der Waals surface area contributed by atoms with Crippen LogP contribution in [0.15, 0.2) is 10.6 Å². The second-order valence-corrected chi connectivity index (χ2v) is 6.06. The second-order valence-electron chi connectivity index (χ2n) is 6.06. The van der Waals surface area contributed by atoms with E-state index < -0.39 is 0 Å². The fourth-order valence-electron chi connectivity index (χ4n) is 1.89. The number of anilines is 1. The Hall–Kier alpha value is -1.32. The van der Waals surface area contributed by atoms with E-state index in [4.69, 9.17) is 4.52 Å². The molecule has 0 saturated heterocycles. The lowest BCUT2D eigenvalue weighted by Crippen LogP contribution is -2.22. The lowest BCUT2D eigenvalue weighted by atomic mass is 9.93. The molecule has 1 rings (SSSR count). The quantitative estimate of drug-likeness (QED) is 0.842. The summed E-state index contributed by atoms with van der Waals surface area (Å²) >= 11 is 0. The lowest BCUT2D eigenvalue weighted by Gasteiger charge is -2.13. The van der Waals surface area contributed by atoms with Crippen LogP contribution >= 0.6 is 0 Å². The van der Waals surface area contributed by atoms with Gasteiger partial charge in [-0.25, -0.2) is 0 Å². The Kier molecular flexibility index (Phi) is 5.58. The topological polar surface area (TPSA) is 55.1 Å². The summed E-state index contributed by atoms with van der Waals surface area (Å²) in [6.07, 6.45) is 3.98. The van der Waals surface area contributed by atoms with E-state index in [1.165, 1.54) is 0 Å². The Balaban J connectivity index is 2.63. The van der Waals surface area contributed by atoms with E-state index in [1.807, 2.05) is 13.0 Å². The van der Waals surface area contributed by atoms with Crippen LogP contribution in [0.1, 0.15) is 66.1 Å². The van der Waals surface area contributed by atoms with Crippen molar-refractivity contribution >= 4 is 11.7 Å². The fraction of sp³-hybridized carbons (Fsp3) is 0.733. The first-order valence-electron chi connectivity index (χ1n) is 7.16. The first kappa shape index (κ1) is 15.7. The van der Waals surface area contributed by atoms with Crippen molar-refractivity contribution in [3.05, 3.63) is 11.8 Å². The summed E-state index contributed by atoms with van der Waals surface area (Å²) in [4.78, 5) is 12.1. The van der Waals surface area contributed by atoms with Gasteiger partial charge in [0.05, 0.1) is 0 Å². The maximum Gasteiger partial charge on any atom is 0.228 e. The molecule has 1 unspecified atom stereocenters. The number of nitrogens with one attached hydrogen (secondary N) is 1. The van der Waals surface area contributed by atoms with Crippen LogP contribution in [0.5, 0.6) is 0 Å². The number of rotatable bonds is 6. The van der Waals surface area contributed by atoms with Gasteiger partial charge >= 0.3 is 0 Å². The molecule has 0 aliphatic rings. The Morgan fingerprint density at radius 3 is 2.58 bits per heavy atom. The maximum absolute atomic E-state index is 12.1. The van der Waals surface area contributed by atoms with Gasteiger partial charge in [0.25, 0.3) is 0 Å². The maximum atomic E-state index is 12.1. The average Bonchev–Trinajstić information content (AvgIpc) is 2.78. The van der Waals surface area contributed by atoms with Gasteiger partial charge < -0.3 is 9.84 Å². The molecule has 0 saturated carbocycles. The molecule has 0 aliphatic carbocycles. The van der Waals surface area contributed by atoms with E-state index in [-0.39, 0.29) is 17.2 Å². The number of nitrogens with zero attached hydrogens (tertiary/aromatic N) is 1. The Labute approximate surface area is 115 Å². The minimum Gasteiger partial charge on any atom is -0.359 e. The molecule has 4 nitrogen and oxygen atoms in total. The highest BCUT2D eigenvalue weighted by atomic mass is 16.5. The zero-order valence-electron chi connectivity index (χ0n) is 12.7. The molecule has 0 aromatic carbocycles. The van der Waals surface area contributed by atoms with Crippen molar-refractivity contribution in [1.82, 2.24) is 5.16 Å². The molecule has 19 heavy (non-hydrogen) atoms. The molecule has 0 spiro atoms. The van der Waals surface area contributed by atoms with E-state index in [9.17, 15) is 4.79 Å². The SMILES string of the molecule is CCCCC(CC)C(=O)Nc1cc(C(C)(C)C)on1. The third-order valence-corrected chi connectivity index (χ3v) is 3.27. The van der Waals surface area contributed by atoms with Crippen LogP contribution in [0, 0.1) is 5.92 Å². The number of aromatic nitrogens is 1. The fourth-order valence-corrected chi connectivity index (χ4v) is 1.89. The van der Waals surface area contributed by atoms with E-state index in [0.717, 1.165) is 31.4 Å². The van der Waals surface area contributed by atoms with Crippen molar-refractivity contribution in [3.8, 4) is 0 Å². The third kappa shape index (κ3) is 4.69. The highest BCUT2D eigenvalue weighted by molar-refractivity contribution is 5.91. The molecule has 1 N–H and O–H groups in total. The highest BCUT2D eigenvalue weighted by Crippen LogP contribution is 2.25. The van der Waals surface area contributed by atoms with Crippen LogP contribution in [0.4, 0.5) is 5.82 Å². The van der Waals surface area contributed by atoms with Crippen LogP contribution in [0.2, 0.25) is 0 Å². The Morgan fingerprint density at radius 1 is 1.42 bits per heavy atom. The summed E-state index contributed by atoms with van der Waals surface area (Å²) in [6, 6.07) is 1.81. The zero-order chi connectivity index (χ0) is 14.5. The van der Waals surface area contributed by atoms with Gasteiger partial charge in [-0.15, -0.1) is 0 Å². The van der Waals surface area contributed by atoms with E-state index >= 15 is 0 Å². The third-order valence-electron chi connectivity index (χ3n) is 3.27. The molecule has 0 fully saturated rings. The summed E-state index contributed by atoms with van der Waals surface area (Å²) in [5.41, 5.74) is -0.0949. The van der Waals surface area contributed by atoms with Crippen molar-refractivity contribution in [1.29, 1.82) is 0 Å². The lowest BCUT2D eigenvalue weighted by molar-refractivity contribution is -0.120. The number of unbranched alkanes of at least 4 members (excludes halogenated alkanes) is 1. The van der Waals surface area contributed by atoms with Gasteiger partial charge in [0, 0.05) is 17.4 Å². The minimum atomic E-state index is -0.0949. The van der Waals surface area contributed by atoms with Gasteiger partial charge in [-0.1, -0.05) is 52.6 Å². The molecule has 4 heteroatoms. The van der Waals surface area contributed by atoms with Crippen molar-refractivity contribution in [2.45, 2.75) is 65.7 Å². The van der Waals surface area contributed by atoms with Gasteiger partial charge in [-0.05, 0) is 12.8 Å². The van der Waals surface area contributed by atoms with Crippen molar-refractivity contribution in [3.63, 3.8) is 0 Å². The molecule has 0 bridgehead atoms. The average molecular weight is 266 g/mol. The largest absolute Gasteiger partial charge is 0.359 e. The zero-order valence-corrected chi connectivity index (χ0v) is 12.7. The molecule has 1 amide bonds.